The van der Waals surface area contributed by atoms with E-state index >= 15 is 0 Å². The van der Waals surface area contributed by atoms with Gasteiger partial charge in [0.25, 0.3) is 5.91 Å². The van der Waals surface area contributed by atoms with Crippen molar-refractivity contribution in [2.75, 3.05) is 19.7 Å². The highest BCUT2D eigenvalue weighted by Gasteiger charge is 2.31. The molecule has 0 spiro atoms. The maximum atomic E-state index is 12.8. The van der Waals surface area contributed by atoms with Gasteiger partial charge in [-0.3, -0.25) is 19.4 Å². The van der Waals surface area contributed by atoms with Gasteiger partial charge in [-0.15, -0.1) is 0 Å². The fraction of sp³-hybridized carbons (Fsp3) is 0.389. The number of aromatic amines is 1. The molecular weight excluding hydrogens is 322 g/mol. The minimum absolute atomic E-state index is 0.137. The molecule has 1 saturated heterocycles. The van der Waals surface area contributed by atoms with Gasteiger partial charge in [-0.05, 0) is 25.0 Å². The number of nitrogens with zero attached hydrogens (tertiary/aromatic N) is 2. The predicted octanol–water partition coefficient (Wildman–Crippen LogP) is 1.56. The quantitative estimate of drug-likeness (QED) is 0.854. The van der Waals surface area contributed by atoms with Gasteiger partial charge in [0.15, 0.2) is 6.61 Å². The van der Waals surface area contributed by atoms with Crippen LogP contribution in [0.5, 0.6) is 0 Å². The van der Waals surface area contributed by atoms with Crippen molar-refractivity contribution in [2.45, 2.75) is 26.7 Å². The molecule has 25 heavy (non-hydrogen) atoms. The molecule has 1 aliphatic rings. The summed E-state index contributed by atoms with van der Waals surface area (Å²) in [6.45, 7) is 3.80. The van der Waals surface area contributed by atoms with Gasteiger partial charge in [0.05, 0.1) is 6.42 Å². The van der Waals surface area contributed by atoms with Gasteiger partial charge in [-0.25, -0.2) is 5.01 Å². The topological polar surface area (TPSA) is 82.7 Å². The number of hydrazine groups is 1. The lowest BCUT2D eigenvalue weighted by molar-refractivity contribution is -0.163. The fourth-order valence-corrected chi connectivity index (χ4v) is 3.17. The Kier molecular flexibility index (Phi) is 4.74. The standard InChI is InChI=1S/C18H21N3O4/c1-12-15(14-6-3-4-7-16(14)19-12)10-17(23)20-8-5-9-21(20)18(24)11-25-13(2)22/h3-4,6-7,19H,5,8-11H2,1-2H3. The second-order valence-electron chi connectivity index (χ2n) is 6.12. The molecule has 2 heterocycles. The van der Waals surface area contributed by atoms with E-state index < -0.39 is 5.97 Å². The number of nitrogens with one attached hydrogen (secondary N) is 1. The van der Waals surface area contributed by atoms with Gasteiger partial charge in [0.1, 0.15) is 0 Å². The van der Waals surface area contributed by atoms with Crippen LogP contribution in [0, 0.1) is 6.92 Å². The van der Waals surface area contributed by atoms with Crippen LogP contribution in [0.25, 0.3) is 10.9 Å². The van der Waals surface area contributed by atoms with Crippen molar-refractivity contribution < 1.29 is 19.1 Å². The van der Waals surface area contributed by atoms with E-state index in [4.69, 9.17) is 4.74 Å². The summed E-state index contributed by atoms with van der Waals surface area (Å²) in [6, 6.07) is 7.84. The molecule has 0 atom stereocenters. The van der Waals surface area contributed by atoms with Crippen molar-refractivity contribution in [2.24, 2.45) is 0 Å². The third kappa shape index (κ3) is 3.50. The van der Waals surface area contributed by atoms with Crippen LogP contribution in [-0.4, -0.2) is 52.5 Å². The molecule has 0 radical (unpaired) electrons. The highest BCUT2D eigenvalue weighted by atomic mass is 16.5. The lowest BCUT2D eigenvalue weighted by atomic mass is 10.1. The molecule has 0 unspecified atom stereocenters. The van der Waals surface area contributed by atoms with E-state index in [9.17, 15) is 14.4 Å². The lowest BCUT2D eigenvalue weighted by Gasteiger charge is -2.27. The number of hydrogen-bond acceptors (Lipinski definition) is 4. The maximum Gasteiger partial charge on any atom is 0.303 e. The molecule has 1 aliphatic heterocycles. The zero-order valence-corrected chi connectivity index (χ0v) is 14.4. The van der Waals surface area contributed by atoms with Crippen LogP contribution in [0.15, 0.2) is 24.3 Å². The molecule has 1 fully saturated rings. The number of ether oxygens (including phenoxy) is 1. The van der Waals surface area contributed by atoms with Crippen molar-refractivity contribution in [1.29, 1.82) is 0 Å². The SMILES string of the molecule is CC(=O)OCC(=O)N1CCCN1C(=O)Cc1c(C)[nH]c2ccccc12. The molecule has 7 heteroatoms. The van der Waals surface area contributed by atoms with Gasteiger partial charge in [-0.1, -0.05) is 18.2 Å². The van der Waals surface area contributed by atoms with Crippen LogP contribution in [-0.2, 0) is 25.5 Å². The molecule has 132 valence electrons. The number of benzene rings is 1. The summed E-state index contributed by atoms with van der Waals surface area (Å²) < 4.78 is 4.75. The van der Waals surface area contributed by atoms with Crippen LogP contribution in [0.2, 0.25) is 0 Å². The summed E-state index contributed by atoms with van der Waals surface area (Å²) in [5.74, 6) is -1.03. The molecule has 2 aromatic rings. The second-order valence-corrected chi connectivity index (χ2v) is 6.12. The Balaban J connectivity index is 1.74. The smallest absolute Gasteiger partial charge is 0.303 e. The van der Waals surface area contributed by atoms with E-state index in [2.05, 4.69) is 4.98 Å². The third-order valence-electron chi connectivity index (χ3n) is 4.36. The van der Waals surface area contributed by atoms with Gasteiger partial charge in [0, 0.05) is 36.6 Å². The summed E-state index contributed by atoms with van der Waals surface area (Å²) in [6.07, 6.45) is 0.928. The Hall–Kier alpha value is -2.83. The molecule has 3 rings (SSSR count). The monoisotopic (exact) mass is 343 g/mol. The lowest BCUT2D eigenvalue weighted by Crippen LogP contribution is -2.47. The number of esters is 1. The number of aryl methyl sites for hydroxylation is 1. The molecule has 1 aromatic carbocycles. The summed E-state index contributed by atoms with van der Waals surface area (Å²) in [7, 11) is 0. The Bertz CT molecular complexity index is 827. The third-order valence-corrected chi connectivity index (χ3v) is 4.36. The molecule has 0 saturated carbocycles. The van der Waals surface area contributed by atoms with Gasteiger partial charge < -0.3 is 9.72 Å². The number of carbonyl (C=O) groups excluding carboxylic acids is 3. The average molecular weight is 343 g/mol. The first-order valence-corrected chi connectivity index (χ1v) is 8.27. The maximum absolute atomic E-state index is 12.8. The Labute approximate surface area is 145 Å². The summed E-state index contributed by atoms with van der Waals surface area (Å²) in [5.41, 5.74) is 2.89. The zero-order valence-electron chi connectivity index (χ0n) is 14.4. The number of amides is 2. The number of H-pyrrole nitrogens is 1. The van der Waals surface area contributed by atoms with E-state index in [1.54, 1.807) is 0 Å². The summed E-state index contributed by atoms with van der Waals surface area (Å²) in [4.78, 5) is 39.1. The van der Waals surface area contributed by atoms with E-state index in [-0.39, 0.29) is 24.8 Å². The van der Waals surface area contributed by atoms with Crippen LogP contribution in [0.1, 0.15) is 24.6 Å². The number of fused-ring (bicyclic) bond motifs is 1. The van der Waals surface area contributed by atoms with E-state index in [1.807, 2.05) is 31.2 Å². The number of rotatable bonds is 4. The van der Waals surface area contributed by atoms with Crippen LogP contribution >= 0.6 is 0 Å². The molecule has 2 amide bonds. The predicted molar refractivity (Wildman–Crippen MR) is 91.4 cm³/mol. The first kappa shape index (κ1) is 17.0. The average Bonchev–Trinajstić information content (AvgIpc) is 3.18. The second kappa shape index (κ2) is 6.96. The Morgan fingerprint density at radius 3 is 2.52 bits per heavy atom. The zero-order chi connectivity index (χ0) is 18.0. The van der Waals surface area contributed by atoms with E-state index in [0.29, 0.717) is 19.5 Å². The Morgan fingerprint density at radius 1 is 1.12 bits per heavy atom. The van der Waals surface area contributed by atoms with Gasteiger partial charge in [-0.2, -0.15) is 0 Å². The number of aromatic nitrogens is 1. The molecule has 1 N–H and O–H groups in total. The van der Waals surface area contributed by atoms with Crippen molar-refractivity contribution in [1.82, 2.24) is 15.0 Å². The fourth-order valence-electron chi connectivity index (χ4n) is 3.17. The highest BCUT2D eigenvalue weighted by molar-refractivity contribution is 5.91. The van der Waals surface area contributed by atoms with Crippen molar-refractivity contribution in [3.8, 4) is 0 Å². The van der Waals surface area contributed by atoms with Gasteiger partial charge >= 0.3 is 5.97 Å². The number of hydrogen-bond donors (Lipinski definition) is 1. The minimum Gasteiger partial charge on any atom is -0.456 e. The van der Waals surface area contributed by atoms with Crippen molar-refractivity contribution in [3.05, 3.63) is 35.5 Å². The normalized spacial score (nSPS) is 14.2. The number of carbonyl (C=O) groups is 3. The Morgan fingerprint density at radius 2 is 1.80 bits per heavy atom. The number of para-hydroxylation sites is 1. The highest BCUT2D eigenvalue weighted by Crippen LogP contribution is 2.23. The summed E-state index contributed by atoms with van der Waals surface area (Å²) >= 11 is 0. The van der Waals surface area contributed by atoms with Crippen LogP contribution in [0.3, 0.4) is 0 Å². The van der Waals surface area contributed by atoms with Crippen LogP contribution in [0.4, 0.5) is 0 Å². The van der Waals surface area contributed by atoms with E-state index in [0.717, 1.165) is 22.2 Å². The molecule has 7 nitrogen and oxygen atoms in total. The largest absolute Gasteiger partial charge is 0.456 e. The molecule has 0 aliphatic carbocycles. The van der Waals surface area contributed by atoms with E-state index in [1.165, 1.54) is 16.9 Å². The minimum atomic E-state index is -0.514. The van der Waals surface area contributed by atoms with Gasteiger partial charge in [0.2, 0.25) is 5.91 Å². The molecule has 1 aromatic heterocycles. The molecular formula is C18H21N3O4. The first-order valence-electron chi connectivity index (χ1n) is 8.27. The van der Waals surface area contributed by atoms with Crippen LogP contribution < -0.4 is 0 Å². The molecule has 0 bridgehead atoms. The van der Waals surface area contributed by atoms with Crippen molar-refractivity contribution >= 4 is 28.7 Å². The first-order chi connectivity index (χ1) is 12.0. The van der Waals surface area contributed by atoms with Crippen molar-refractivity contribution in [3.63, 3.8) is 0 Å². The summed E-state index contributed by atoms with van der Waals surface area (Å²) in [5, 5.41) is 3.87.